The van der Waals surface area contributed by atoms with Crippen LogP contribution in [0.3, 0.4) is 0 Å². The van der Waals surface area contributed by atoms with Gasteiger partial charge in [0, 0.05) is 17.3 Å². The highest BCUT2D eigenvalue weighted by molar-refractivity contribution is 5.63. The Bertz CT molecular complexity index is 592. The third kappa shape index (κ3) is 2.08. The number of aromatic amines is 1. The molecule has 0 aliphatic rings. The molecule has 2 aromatic heterocycles. The number of H-pyrrole nitrogens is 1. The van der Waals surface area contributed by atoms with E-state index in [1.807, 2.05) is 13.8 Å². The Morgan fingerprint density at radius 3 is 2.82 bits per heavy atom. The topological polar surface area (TPSA) is 58.6 Å². The van der Waals surface area contributed by atoms with E-state index in [0.29, 0.717) is 16.8 Å². The Balaban J connectivity index is 2.73. The van der Waals surface area contributed by atoms with Crippen molar-refractivity contribution in [3.05, 3.63) is 46.5 Å². The van der Waals surface area contributed by atoms with Crippen LogP contribution in [0.25, 0.3) is 11.3 Å². The number of rotatable bonds is 2. The summed E-state index contributed by atoms with van der Waals surface area (Å²) in [5, 5.41) is 0. The Morgan fingerprint density at radius 2 is 2.18 bits per heavy atom. The van der Waals surface area contributed by atoms with Crippen molar-refractivity contribution in [2.45, 2.75) is 19.8 Å². The van der Waals surface area contributed by atoms with Crippen molar-refractivity contribution in [2.75, 3.05) is 0 Å². The first-order valence-corrected chi connectivity index (χ1v) is 5.28. The predicted molar refractivity (Wildman–Crippen MR) is 62.1 cm³/mol. The zero-order chi connectivity index (χ0) is 12.4. The lowest BCUT2D eigenvalue weighted by molar-refractivity contribution is 0.623. The number of nitrogens with one attached hydrogen (secondary N) is 1. The Morgan fingerprint density at radius 1 is 1.41 bits per heavy atom. The third-order valence-corrected chi connectivity index (χ3v) is 2.49. The molecule has 88 valence electrons. The highest BCUT2D eigenvalue weighted by atomic mass is 19.1. The van der Waals surface area contributed by atoms with Crippen molar-refractivity contribution in [2.24, 2.45) is 0 Å². The van der Waals surface area contributed by atoms with Gasteiger partial charge in [-0.05, 0) is 12.0 Å². The highest BCUT2D eigenvalue weighted by Gasteiger charge is 2.16. The molecule has 0 aliphatic carbocycles. The van der Waals surface area contributed by atoms with Gasteiger partial charge in [-0.25, -0.2) is 9.37 Å². The van der Waals surface area contributed by atoms with E-state index in [9.17, 15) is 9.18 Å². The Labute approximate surface area is 97.6 Å². The molecule has 0 bridgehead atoms. The molecule has 2 rings (SSSR count). The summed E-state index contributed by atoms with van der Waals surface area (Å²) in [6, 6.07) is 1.52. The standard InChI is InChI=1S/C12H12FN3O/c1-7(2)10-11(15-6-16-12(10)17)8-3-4-14-5-9(8)13/h3-7H,1-2H3,(H,15,16,17). The monoisotopic (exact) mass is 233 g/mol. The van der Waals surface area contributed by atoms with Gasteiger partial charge in [-0.15, -0.1) is 0 Å². The summed E-state index contributed by atoms with van der Waals surface area (Å²) in [4.78, 5) is 22.0. The minimum Gasteiger partial charge on any atom is -0.313 e. The van der Waals surface area contributed by atoms with Crippen molar-refractivity contribution in [1.82, 2.24) is 15.0 Å². The van der Waals surface area contributed by atoms with Gasteiger partial charge in [-0.2, -0.15) is 0 Å². The highest BCUT2D eigenvalue weighted by Crippen LogP contribution is 2.25. The second-order valence-corrected chi connectivity index (χ2v) is 4.00. The van der Waals surface area contributed by atoms with Gasteiger partial charge in [0.05, 0.1) is 18.2 Å². The summed E-state index contributed by atoms with van der Waals surface area (Å²) in [6.07, 6.45) is 3.87. The van der Waals surface area contributed by atoms with E-state index in [2.05, 4.69) is 15.0 Å². The van der Waals surface area contributed by atoms with Gasteiger partial charge in [0.25, 0.3) is 5.56 Å². The van der Waals surface area contributed by atoms with Gasteiger partial charge in [0.2, 0.25) is 0 Å². The molecule has 0 aliphatic heterocycles. The molecule has 0 spiro atoms. The molecule has 2 aromatic rings. The number of hydrogen-bond donors (Lipinski definition) is 1. The molecule has 5 heteroatoms. The quantitative estimate of drug-likeness (QED) is 0.864. The zero-order valence-corrected chi connectivity index (χ0v) is 9.57. The summed E-state index contributed by atoms with van der Waals surface area (Å²) in [5.41, 5.74) is 0.928. The lowest BCUT2D eigenvalue weighted by Gasteiger charge is -2.10. The first-order valence-electron chi connectivity index (χ1n) is 5.28. The van der Waals surface area contributed by atoms with Crippen molar-refractivity contribution in [3.8, 4) is 11.3 Å². The van der Waals surface area contributed by atoms with Crippen LogP contribution < -0.4 is 5.56 Å². The number of nitrogens with zero attached hydrogens (tertiary/aromatic N) is 2. The van der Waals surface area contributed by atoms with Gasteiger partial charge in [-0.1, -0.05) is 13.8 Å². The van der Waals surface area contributed by atoms with E-state index < -0.39 is 5.82 Å². The molecule has 0 saturated carbocycles. The van der Waals surface area contributed by atoms with E-state index in [1.165, 1.54) is 18.6 Å². The fourth-order valence-corrected chi connectivity index (χ4v) is 1.73. The van der Waals surface area contributed by atoms with Gasteiger partial charge < -0.3 is 4.98 Å². The molecule has 0 radical (unpaired) electrons. The fourth-order valence-electron chi connectivity index (χ4n) is 1.73. The predicted octanol–water partition coefficient (Wildman–Crippen LogP) is 2.09. The smallest absolute Gasteiger partial charge is 0.254 e. The molecule has 0 unspecified atom stereocenters. The maximum atomic E-state index is 13.6. The second-order valence-electron chi connectivity index (χ2n) is 4.00. The van der Waals surface area contributed by atoms with Crippen molar-refractivity contribution < 1.29 is 4.39 Å². The molecule has 0 aromatic carbocycles. The van der Waals surface area contributed by atoms with Gasteiger partial charge >= 0.3 is 0 Å². The molecule has 4 nitrogen and oxygen atoms in total. The van der Waals surface area contributed by atoms with Crippen LogP contribution in [0.2, 0.25) is 0 Å². The Hall–Kier alpha value is -2.04. The summed E-state index contributed by atoms with van der Waals surface area (Å²) in [6.45, 7) is 3.74. The van der Waals surface area contributed by atoms with Gasteiger partial charge in [0.15, 0.2) is 5.82 Å². The van der Waals surface area contributed by atoms with Crippen LogP contribution in [-0.2, 0) is 0 Å². The SMILES string of the molecule is CC(C)c1c(-c2ccncc2F)nc[nH]c1=O. The van der Waals surface area contributed by atoms with E-state index >= 15 is 0 Å². The lowest BCUT2D eigenvalue weighted by Crippen LogP contribution is -2.16. The van der Waals surface area contributed by atoms with Crippen LogP contribution in [-0.4, -0.2) is 15.0 Å². The van der Waals surface area contributed by atoms with Gasteiger partial charge in [0.1, 0.15) is 0 Å². The molecule has 2 heterocycles. The summed E-state index contributed by atoms with van der Waals surface area (Å²) in [7, 11) is 0. The van der Waals surface area contributed by atoms with Gasteiger partial charge in [-0.3, -0.25) is 9.78 Å². The summed E-state index contributed by atoms with van der Waals surface area (Å²) >= 11 is 0. The van der Waals surface area contributed by atoms with Crippen LogP contribution in [0.1, 0.15) is 25.3 Å². The van der Waals surface area contributed by atoms with E-state index in [-0.39, 0.29) is 11.5 Å². The molecule has 17 heavy (non-hydrogen) atoms. The van der Waals surface area contributed by atoms with Crippen LogP contribution in [0.5, 0.6) is 0 Å². The number of pyridine rings is 1. The summed E-state index contributed by atoms with van der Waals surface area (Å²) < 4.78 is 13.6. The zero-order valence-electron chi connectivity index (χ0n) is 9.57. The van der Waals surface area contributed by atoms with Crippen LogP contribution in [0, 0.1) is 5.82 Å². The normalized spacial score (nSPS) is 10.8. The van der Waals surface area contributed by atoms with Crippen molar-refractivity contribution in [1.29, 1.82) is 0 Å². The minimum absolute atomic E-state index is 0.0324. The van der Waals surface area contributed by atoms with E-state index in [0.717, 1.165) is 6.20 Å². The molecule has 0 saturated heterocycles. The van der Waals surface area contributed by atoms with E-state index in [1.54, 1.807) is 0 Å². The van der Waals surface area contributed by atoms with E-state index in [4.69, 9.17) is 0 Å². The molecular formula is C12H12FN3O. The maximum absolute atomic E-state index is 13.6. The molecule has 0 atom stereocenters. The molecular weight excluding hydrogens is 221 g/mol. The Kier molecular flexibility index (Phi) is 2.99. The molecule has 0 fully saturated rings. The van der Waals surface area contributed by atoms with Crippen LogP contribution >= 0.6 is 0 Å². The van der Waals surface area contributed by atoms with Crippen LogP contribution in [0.15, 0.2) is 29.6 Å². The molecule has 1 N–H and O–H groups in total. The average molecular weight is 233 g/mol. The fraction of sp³-hybridized carbons (Fsp3) is 0.250. The maximum Gasteiger partial charge on any atom is 0.254 e. The largest absolute Gasteiger partial charge is 0.313 e. The number of hydrogen-bond acceptors (Lipinski definition) is 3. The first kappa shape index (κ1) is 11.4. The molecule has 0 amide bonds. The first-order chi connectivity index (χ1) is 8.11. The third-order valence-electron chi connectivity index (χ3n) is 2.49. The number of halogens is 1. The second kappa shape index (κ2) is 4.45. The minimum atomic E-state index is -0.479. The average Bonchev–Trinajstić information content (AvgIpc) is 2.28. The van der Waals surface area contributed by atoms with Crippen molar-refractivity contribution in [3.63, 3.8) is 0 Å². The van der Waals surface area contributed by atoms with Crippen molar-refractivity contribution >= 4 is 0 Å². The summed E-state index contributed by atoms with van der Waals surface area (Å²) in [5.74, 6) is -0.512. The van der Waals surface area contributed by atoms with Crippen LogP contribution in [0.4, 0.5) is 4.39 Å². The number of aromatic nitrogens is 3. The lowest BCUT2D eigenvalue weighted by atomic mass is 9.99.